The highest BCUT2D eigenvalue weighted by atomic mass is 16.5. The van der Waals surface area contributed by atoms with E-state index in [0.717, 1.165) is 21.9 Å². The van der Waals surface area contributed by atoms with Crippen LogP contribution in [0.25, 0.3) is 10.8 Å². The number of carbonyl (C=O) groups excluding carboxylic acids is 1. The number of carbonyl (C=O) groups is 1. The molecule has 2 aromatic carbocycles. The average molecular weight is 270 g/mol. The van der Waals surface area contributed by atoms with Gasteiger partial charge in [-0.25, -0.2) is 4.79 Å². The number of aryl methyl sites for hydroxylation is 1. The van der Waals surface area contributed by atoms with E-state index in [2.05, 4.69) is 6.07 Å². The summed E-state index contributed by atoms with van der Waals surface area (Å²) in [5.41, 5.74) is 2.81. The van der Waals surface area contributed by atoms with Crippen molar-refractivity contribution < 1.29 is 14.6 Å². The van der Waals surface area contributed by atoms with Gasteiger partial charge in [-0.2, -0.15) is 0 Å². The maximum atomic E-state index is 12.2. The Bertz CT molecular complexity index is 675. The molecule has 0 spiro atoms. The maximum Gasteiger partial charge on any atom is 0.339 e. The smallest absolute Gasteiger partial charge is 0.339 e. The van der Waals surface area contributed by atoms with Crippen molar-refractivity contribution in [1.29, 1.82) is 0 Å². The van der Waals surface area contributed by atoms with Gasteiger partial charge in [0.2, 0.25) is 0 Å². The van der Waals surface area contributed by atoms with E-state index in [0.29, 0.717) is 12.0 Å². The molecule has 1 aliphatic rings. The Hall–Kier alpha value is -1.87. The van der Waals surface area contributed by atoms with Crippen molar-refractivity contribution in [2.45, 2.75) is 26.4 Å². The monoisotopic (exact) mass is 270 g/mol. The van der Waals surface area contributed by atoms with Crippen molar-refractivity contribution in [3.63, 3.8) is 0 Å². The number of ether oxygens (including phenoxy) is 1. The van der Waals surface area contributed by atoms with Crippen molar-refractivity contribution in [1.82, 2.24) is 0 Å². The third kappa shape index (κ3) is 1.98. The summed E-state index contributed by atoms with van der Waals surface area (Å²) in [6, 6.07) is 10.0. The summed E-state index contributed by atoms with van der Waals surface area (Å²) in [7, 11) is 0. The summed E-state index contributed by atoms with van der Waals surface area (Å²) in [4.78, 5) is 12.2. The van der Waals surface area contributed by atoms with Crippen LogP contribution in [0.5, 0.6) is 0 Å². The summed E-state index contributed by atoms with van der Waals surface area (Å²) < 4.78 is 5.50. The van der Waals surface area contributed by atoms with Crippen molar-refractivity contribution in [2.75, 3.05) is 6.61 Å². The maximum absolute atomic E-state index is 12.2. The lowest BCUT2D eigenvalue weighted by Crippen LogP contribution is -2.08. The van der Waals surface area contributed by atoms with Crippen LogP contribution in [0, 0.1) is 12.8 Å². The van der Waals surface area contributed by atoms with E-state index >= 15 is 0 Å². The number of rotatable bonds is 3. The number of hydrogen-bond donors (Lipinski definition) is 1. The van der Waals surface area contributed by atoms with E-state index < -0.39 is 0 Å². The molecule has 104 valence electrons. The predicted molar refractivity (Wildman–Crippen MR) is 77.7 cm³/mol. The highest BCUT2D eigenvalue weighted by Gasteiger charge is 2.33. The molecule has 3 nitrogen and oxygen atoms in total. The molecule has 0 saturated heterocycles. The first-order valence-corrected chi connectivity index (χ1v) is 6.96. The molecule has 2 atom stereocenters. The van der Waals surface area contributed by atoms with Crippen molar-refractivity contribution in [2.24, 2.45) is 5.92 Å². The second kappa shape index (κ2) is 4.91. The third-order valence-electron chi connectivity index (χ3n) is 4.04. The van der Waals surface area contributed by atoms with Crippen LogP contribution in [0.15, 0.2) is 30.3 Å². The van der Waals surface area contributed by atoms with Crippen LogP contribution in [0.1, 0.15) is 40.9 Å². The van der Waals surface area contributed by atoms with Crippen molar-refractivity contribution in [3.8, 4) is 0 Å². The Kier molecular flexibility index (Phi) is 3.22. The summed E-state index contributed by atoms with van der Waals surface area (Å²) in [5, 5.41) is 11.2. The van der Waals surface area contributed by atoms with Gasteiger partial charge in [0.05, 0.1) is 5.56 Å². The quantitative estimate of drug-likeness (QED) is 0.870. The molecule has 0 radical (unpaired) electrons. The molecule has 0 bridgehead atoms. The number of aliphatic hydroxyl groups is 1. The Morgan fingerprint density at radius 1 is 1.25 bits per heavy atom. The van der Waals surface area contributed by atoms with E-state index in [1.807, 2.05) is 38.1 Å². The Morgan fingerprint density at radius 2 is 2.05 bits per heavy atom. The minimum atomic E-state index is -0.244. The second-order valence-corrected chi connectivity index (χ2v) is 5.62. The minimum absolute atomic E-state index is 0.107. The van der Waals surface area contributed by atoms with Gasteiger partial charge in [0, 0.05) is 12.2 Å². The van der Waals surface area contributed by atoms with Gasteiger partial charge in [-0.1, -0.05) is 37.3 Å². The predicted octanol–water partition coefficient (Wildman–Crippen LogP) is 3.38. The van der Waals surface area contributed by atoms with Crippen LogP contribution in [0.2, 0.25) is 0 Å². The molecule has 0 fully saturated rings. The third-order valence-corrected chi connectivity index (χ3v) is 4.04. The number of hydrogen-bond acceptors (Lipinski definition) is 3. The van der Waals surface area contributed by atoms with Gasteiger partial charge in [-0.15, -0.1) is 0 Å². The molecule has 2 aromatic rings. The number of esters is 1. The van der Waals surface area contributed by atoms with E-state index in [1.54, 1.807) is 0 Å². The lowest BCUT2D eigenvalue weighted by atomic mass is 9.92. The molecule has 3 heteroatoms. The summed E-state index contributed by atoms with van der Waals surface area (Å²) in [6.07, 6.45) is 0.427. The largest absolute Gasteiger partial charge is 0.454 e. The summed E-state index contributed by atoms with van der Waals surface area (Å²) >= 11 is 0. The first-order chi connectivity index (χ1) is 9.61. The van der Waals surface area contributed by atoms with E-state index in [1.165, 1.54) is 0 Å². The van der Waals surface area contributed by atoms with Gasteiger partial charge in [0.15, 0.2) is 0 Å². The zero-order valence-electron chi connectivity index (χ0n) is 11.7. The standard InChI is InChI=1S/C17H18O3/c1-10(9-18)8-15-14-7-6-12-11(2)4-3-5-13(12)16(14)17(19)20-15/h3-7,10,15,18H,8-9H2,1-2H3/t10-,15?/m1/s1. The van der Waals surface area contributed by atoms with Crippen LogP contribution in [-0.4, -0.2) is 17.7 Å². The molecule has 0 amide bonds. The van der Waals surface area contributed by atoms with Crippen LogP contribution in [0.3, 0.4) is 0 Å². The summed E-state index contributed by atoms with van der Waals surface area (Å²) in [6.45, 7) is 4.10. The SMILES string of the molecule is Cc1cccc2c3c(ccc12)C(C[C@@H](C)CO)OC3=O. The van der Waals surface area contributed by atoms with E-state index in [9.17, 15) is 9.90 Å². The minimum Gasteiger partial charge on any atom is -0.454 e. The summed E-state index contributed by atoms with van der Waals surface area (Å²) in [5.74, 6) is -0.127. The molecule has 0 saturated carbocycles. The Balaban J connectivity index is 2.12. The van der Waals surface area contributed by atoms with Crippen LogP contribution in [0.4, 0.5) is 0 Å². The van der Waals surface area contributed by atoms with Gasteiger partial charge in [-0.05, 0) is 35.6 Å². The first kappa shape index (κ1) is 13.1. The van der Waals surface area contributed by atoms with Crippen molar-refractivity contribution >= 4 is 16.7 Å². The van der Waals surface area contributed by atoms with Gasteiger partial charge in [-0.3, -0.25) is 0 Å². The molecule has 1 aliphatic heterocycles. The molecule has 0 aromatic heterocycles. The molecular weight excluding hydrogens is 252 g/mol. The van der Waals surface area contributed by atoms with Crippen LogP contribution >= 0.6 is 0 Å². The fourth-order valence-electron chi connectivity index (χ4n) is 2.89. The van der Waals surface area contributed by atoms with E-state index in [-0.39, 0.29) is 24.6 Å². The fraction of sp³-hybridized carbons (Fsp3) is 0.353. The zero-order chi connectivity index (χ0) is 14.3. The van der Waals surface area contributed by atoms with Crippen molar-refractivity contribution in [3.05, 3.63) is 47.0 Å². The number of aliphatic hydroxyl groups excluding tert-OH is 1. The fourth-order valence-corrected chi connectivity index (χ4v) is 2.89. The number of cyclic esters (lactones) is 1. The molecular formula is C17H18O3. The topological polar surface area (TPSA) is 46.5 Å². The molecule has 1 heterocycles. The normalized spacial score (nSPS) is 18.9. The second-order valence-electron chi connectivity index (χ2n) is 5.62. The van der Waals surface area contributed by atoms with Gasteiger partial charge in [0.1, 0.15) is 6.10 Å². The van der Waals surface area contributed by atoms with Gasteiger partial charge < -0.3 is 9.84 Å². The number of fused-ring (bicyclic) bond motifs is 3. The highest BCUT2D eigenvalue weighted by molar-refractivity contribution is 6.08. The molecule has 1 unspecified atom stereocenters. The Morgan fingerprint density at radius 3 is 2.80 bits per heavy atom. The first-order valence-electron chi connectivity index (χ1n) is 6.96. The van der Waals surface area contributed by atoms with Crippen LogP contribution < -0.4 is 0 Å². The van der Waals surface area contributed by atoms with Crippen LogP contribution in [-0.2, 0) is 4.74 Å². The van der Waals surface area contributed by atoms with Gasteiger partial charge in [0.25, 0.3) is 0 Å². The molecule has 3 rings (SSSR count). The zero-order valence-corrected chi connectivity index (χ0v) is 11.7. The van der Waals surface area contributed by atoms with E-state index in [4.69, 9.17) is 4.74 Å². The lowest BCUT2D eigenvalue weighted by Gasteiger charge is -2.14. The molecule has 0 aliphatic carbocycles. The number of benzene rings is 2. The average Bonchev–Trinajstić information content (AvgIpc) is 2.76. The highest BCUT2D eigenvalue weighted by Crippen LogP contribution is 2.39. The van der Waals surface area contributed by atoms with Gasteiger partial charge >= 0.3 is 5.97 Å². The Labute approximate surface area is 118 Å². The lowest BCUT2D eigenvalue weighted by molar-refractivity contribution is 0.0314. The molecule has 1 N–H and O–H groups in total. The molecule has 20 heavy (non-hydrogen) atoms.